The number of rotatable bonds is 12. The van der Waals surface area contributed by atoms with Crippen molar-refractivity contribution in [3.05, 3.63) is 66.2 Å². The number of carbonyl (C=O) groups is 1. The van der Waals surface area contributed by atoms with Crippen molar-refractivity contribution < 1.29 is 68.2 Å². The number of halogens is 1. The summed E-state index contributed by atoms with van der Waals surface area (Å²) in [6.45, 7) is 19.5. The van der Waals surface area contributed by atoms with Crippen LogP contribution in [-0.4, -0.2) is 192 Å². The zero-order valence-electron chi connectivity index (χ0n) is 46.8. The van der Waals surface area contributed by atoms with E-state index in [1.54, 1.807) is 43.1 Å². The minimum atomic E-state index is -1.77. The summed E-state index contributed by atoms with van der Waals surface area (Å²) in [4.78, 5) is 18.1. The summed E-state index contributed by atoms with van der Waals surface area (Å²) < 4.78 is 55.4. The molecule has 2 aromatic carbocycles. The average molecular weight is 1070 g/mol. The molecule has 20 atom stereocenters. The molecule has 4 aliphatic rings. The second kappa shape index (κ2) is 24.3. The molecular weight excluding hydrogens is 984 g/mol. The first-order chi connectivity index (χ1) is 35.7. The highest BCUT2D eigenvalue weighted by atomic mass is 19.1. The van der Waals surface area contributed by atoms with Crippen LogP contribution in [0.25, 0.3) is 11.1 Å². The maximum atomic E-state index is 15.8. The molecule has 6 N–H and O–H groups in total. The van der Waals surface area contributed by atoms with Crippen LogP contribution in [-0.2, 0) is 41.5 Å². The van der Waals surface area contributed by atoms with Crippen molar-refractivity contribution in [1.29, 1.82) is 0 Å². The van der Waals surface area contributed by atoms with Crippen molar-refractivity contribution >= 4 is 11.8 Å². The Bertz CT molecular complexity index is 2350. The Kier molecular flexibility index (Phi) is 19.2. The van der Waals surface area contributed by atoms with Crippen molar-refractivity contribution in [3.8, 4) is 11.1 Å². The molecule has 0 saturated carbocycles. The lowest BCUT2D eigenvalue weighted by Gasteiger charge is -2.52. The predicted octanol–water partition coefficient (Wildman–Crippen LogP) is 4.96. The molecule has 4 aliphatic heterocycles. The molecule has 0 bridgehead atoms. The molecule has 0 radical (unpaired) electrons. The fraction of sp³-hybridized carbons (Fsp3) is 0.732. The Morgan fingerprint density at radius 1 is 0.908 bits per heavy atom. The topological polar surface area (TPSA) is 234 Å². The molecule has 1 amide bonds. The second-order valence-corrected chi connectivity index (χ2v) is 23.5. The molecule has 0 spiro atoms. The fourth-order valence-electron chi connectivity index (χ4n) is 12.8. The highest BCUT2D eigenvalue weighted by Gasteiger charge is 2.55. The summed E-state index contributed by atoms with van der Waals surface area (Å²) in [6.07, 6.45) is -6.61. The minimum absolute atomic E-state index is 0.182. The Balaban J connectivity index is 1.13. The highest BCUT2D eigenvalue weighted by Crippen LogP contribution is 2.46. The summed E-state index contributed by atoms with van der Waals surface area (Å²) in [7, 11) is 5.31. The molecule has 1 aromatic heterocycles. The van der Waals surface area contributed by atoms with E-state index in [0.29, 0.717) is 42.9 Å². The standard InChI is InChI=1S/C56H87FN6O13/c1-14-45-56(10,70)48(65)35(6)60(11)27-31(2)25-54(8,69)50(33(4)46(34(5)51(67)75-45)44-26-55(9,71-13)49(66)36(7)73-44)76-52-47(64)43(23-32(3)72-52)61(12)28-37-15-17-38(18-16-37)41-20-19-39(24-42(41)57)63-30-40(74-53(63)68)29-62-22-21-58-59-62/h15-22,24,31-36,40,43-52,64-67,69-70H,14,23,25-30H2,1-13H3/t31-,32-,33+,34-,35-,36+,40+,43+,44?,45-,46+,47-,48-,49+,50-,51+,52+,54-,55-,56-/m1/s1. The van der Waals surface area contributed by atoms with E-state index in [1.807, 2.05) is 96.6 Å². The second-order valence-electron chi connectivity index (χ2n) is 23.5. The van der Waals surface area contributed by atoms with Gasteiger partial charge in [-0.25, -0.2) is 13.9 Å². The molecule has 7 rings (SSSR count). The van der Waals surface area contributed by atoms with Gasteiger partial charge in [-0.3, -0.25) is 9.80 Å². The molecule has 3 aromatic rings. The smallest absolute Gasteiger partial charge is 0.414 e. The zero-order valence-corrected chi connectivity index (χ0v) is 46.8. The van der Waals surface area contributed by atoms with E-state index in [9.17, 15) is 35.4 Å². The van der Waals surface area contributed by atoms with Crippen molar-refractivity contribution in [1.82, 2.24) is 24.8 Å². The van der Waals surface area contributed by atoms with Gasteiger partial charge >= 0.3 is 6.09 Å². The van der Waals surface area contributed by atoms with Crippen LogP contribution in [0.4, 0.5) is 14.9 Å². The van der Waals surface area contributed by atoms with E-state index in [-0.39, 0.29) is 37.8 Å². The molecule has 4 saturated heterocycles. The van der Waals surface area contributed by atoms with Gasteiger partial charge in [0.05, 0.1) is 66.7 Å². The van der Waals surface area contributed by atoms with Crippen LogP contribution >= 0.6 is 0 Å². The number of anilines is 1. The molecule has 19 nitrogen and oxygen atoms in total. The summed E-state index contributed by atoms with van der Waals surface area (Å²) in [5, 5.41) is 80.3. The van der Waals surface area contributed by atoms with E-state index in [0.717, 1.165) is 5.56 Å². The van der Waals surface area contributed by atoms with Gasteiger partial charge in [0.1, 0.15) is 35.8 Å². The predicted molar refractivity (Wildman–Crippen MR) is 281 cm³/mol. The first-order valence-corrected chi connectivity index (χ1v) is 27.1. The summed E-state index contributed by atoms with van der Waals surface area (Å²) in [5.41, 5.74) is -2.12. The number of aliphatic hydroxyl groups excluding tert-OH is 4. The van der Waals surface area contributed by atoms with E-state index < -0.39 is 120 Å². The number of cyclic esters (lactones) is 1. The zero-order chi connectivity index (χ0) is 55.8. The number of ether oxygens (including phenoxy) is 6. The van der Waals surface area contributed by atoms with Gasteiger partial charge in [0.25, 0.3) is 0 Å². The summed E-state index contributed by atoms with van der Waals surface area (Å²) in [5.74, 6) is -2.75. The van der Waals surface area contributed by atoms with Gasteiger partial charge in [0.15, 0.2) is 12.6 Å². The summed E-state index contributed by atoms with van der Waals surface area (Å²) in [6, 6.07) is 11.2. The van der Waals surface area contributed by atoms with Crippen molar-refractivity contribution in [2.75, 3.05) is 39.2 Å². The van der Waals surface area contributed by atoms with Crippen LogP contribution in [0.3, 0.4) is 0 Å². The monoisotopic (exact) mass is 1070 g/mol. The number of amides is 1. The van der Waals surface area contributed by atoms with Crippen LogP contribution in [0, 0.1) is 29.5 Å². The van der Waals surface area contributed by atoms with Crippen LogP contribution < -0.4 is 4.90 Å². The molecule has 4 fully saturated rings. The number of likely N-dealkylation sites (N-methyl/N-ethyl adjacent to an activating group) is 2. The first kappa shape index (κ1) is 59.9. The van der Waals surface area contributed by atoms with Crippen LogP contribution in [0.1, 0.15) is 100 Å². The van der Waals surface area contributed by atoms with Crippen molar-refractivity contribution in [2.45, 2.75) is 204 Å². The Morgan fingerprint density at radius 3 is 2.24 bits per heavy atom. The number of aliphatic hydroxyl groups is 6. The number of benzene rings is 2. The molecule has 5 heterocycles. The van der Waals surface area contributed by atoms with Crippen molar-refractivity contribution in [2.24, 2.45) is 23.7 Å². The average Bonchev–Trinajstić information content (AvgIpc) is 4.02. The highest BCUT2D eigenvalue weighted by molar-refractivity contribution is 5.90. The number of methoxy groups -OCH3 is 1. The first-order valence-electron chi connectivity index (χ1n) is 27.1. The molecule has 76 heavy (non-hydrogen) atoms. The molecule has 1 unspecified atom stereocenters. The van der Waals surface area contributed by atoms with Crippen LogP contribution in [0.15, 0.2) is 54.9 Å². The number of hydrogen-bond acceptors (Lipinski definition) is 17. The number of hydrogen-bond donors (Lipinski definition) is 6. The Labute approximate surface area is 448 Å². The lowest BCUT2D eigenvalue weighted by molar-refractivity contribution is -0.307. The van der Waals surface area contributed by atoms with E-state index in [2.05, 4.69) is 10.3 Å². The number of nitrogens with zero attached hydrogens (tertiary/aromatic N) is 6. The molecular formula is C56H87FN6O13. The quantitative estimate of drug-likeness (QED) is 0.141. The Morgan fingerprint density at radius 2 is 1.61 bits per heavy atom. The van der Waals surface area contributed by atoms with Crippen LogP contribution in [0.2, 0.25) is 0 Å². The van der Waals surface area contributed by atoms with Gasteiger partial charge in [-0.1, -0.05) is 57.2 Å². The third kappa shape index (κ3) is 13.0. The molecule has 426 valence electrons. The maximum absolute atomic E-state index is 15.8. The van der Waals surface area contributed by atoms with Gasteiger partial charge in [-0.15, -0.1) is 5.10 Å². The van der Waals surface area contributed by atoms with Gasteiger partial charge in [-0.2, -0.15) is 0 Å². The minimum Gasteiger partial charge on any atom is -0.442 e. The van der Waals surface area contributed by atoms with Gasteiger partial charge < -0.3 is 64.0 Å². The normalized spacial score (nSPS) is 40.7. The third-order valence-corrected chi connectivity index (χ3v) is 17.3. The van der Waals surface area contributed by atoms with E-state index in [4.69, 9.17) is 28.4 Å². The maximum Gasteiger partial charge on any atom is 0.414 e. The lowest BCUT2D eigenvalue weighted by Crippen LogP contribution is -2.62. The van der Waals surface area contributed by atoms with Crippen LogP contribution in [0.5, 0.6) is 0 Å². The van der Waals surface area contributed by atoms with Gasteiger partial charge in [0.2, 0.25) is 0 Å². The largest absolute Gasteiger partial charge is 0.442 e. The van der Waals surface area contributed by atoms with E-state index >= 15 is 4.39 Å². The van der Waals surface area contributed by atoms with Gasteiger partial charge in [0, 0.05) is 56.4 Å². The number of aromatic nitrogens is 3. The Hall–Kier alpha value is -3.74. The third-order valence-electron chi connectivity index (χ3n) is 17.3. The molecule has 20 heteroatoms. The summed E-state index contributed by atoms with van der Waals surface area (Å²) >= 11 is 0. The number of carbonyl (C=O) groups excluding carboxylic acids is 1. The molecule has 0 aliphatic carbocycles. The van der Waals surface area contributed by atoms with Crippen molar-refractivity contribution in [3.63, 3.8) is 0 Å². The van der Waals surface area contributed by atoms with Gasteiger partial charge in [-0.05, 0) is 122 Å². The lowest BCUT2D eigenvalue weighted by atomic mass is 9.68. The van der Waals surface area contributed by atoms with E-state index in [1.165, 1.54) is 25.0 Å². The SMILES string of the molecule is CC[C@H]1O[C@H](O)[C@H](C)[C@@H](C2C[C@@](C)(OC)[C@@H](O)[C@H](C)O2)[C@H](C)[C@@H](O[C@@H]2O[C@H](C)C[C@H](N(C)Cc3ccc(-c4ccc(N5C[C@H](Cn6ccnn6)OC5=O)cc4F)cc3)[C@H]2O)[C@](C)(O)C[C@@H](C)CN(C)[C@H](C)[C@@H](O)[C@]1(C)O. The fourth-order valence-corrected chi connectivity index (χ4v) is 12.8.